The van der Waals surface area contributed by atoms with E-state index in [1.807, 2.05) is 72.8 Å². The second kappa shape index (κ2) is 24.4. The first-order chi connectivity index (χ1) is 49.7. The number of para-hydroxylation sites is 2. The second-order valence-electron chi connectivity index (χ2n) is 24.5. The number of imide groups is 4. The average Bonchev–Trinajstić information content (AvgIpc) is 1.65. The molecule has 0 bridgehead atoms. The number of anilines is 4. The Morgan fingerprint density at radius 1 is 0.233 bits per heavy atom. The lowest BCUT2D eigenvalue weighted by atomic mass is 9.73. The number of alkyl halides is 6. The maximum absolute atomic E-state index is 15.4. The molecule has 20 heteroatoms. The monoisotopic (exact) mass is 1370 g/mol. The van der Waals surface area contributed by atoms with Crippen LogP contribution in [0.25, 0.3) is 44.5 Å². The molecule has 0 atom stereocenters. The molecule has 0 saturated carbocycles. The molecule has 0 N–H and O–H groups in total. The van der Waals surface area contributed by atoms with Crippen LogP contribution in [0.2, 0.25) is 0 Å². The van der Waals surface area contributed by atoms with E-state index in [2.05, 4.69) is 0 Å². The number of carbonyl (C=O) groups is 8. The fourth-order valence-electron chi connectivity index (χ4n) is 14.0. The molecule has 0 aromatic heterocycles. The smallest absolute Gasteiger partial charge is 0.411 e. The lowest BCUT2D eigenvalue weighted by Gasteiger charge is -2.38. The largest absolute Gasteiger partial charge is 0.457 e. The molecule has 14 nitrogen and oxygen atoms in total. The Morgan fingerprint density at radius 2 is 0.534 bits per heavy atom. The van der Waals surface area contributed by atoms with Gasteiger partial charge in [-0.25, -0.2) is 19.6 Å². The molecule has 0 saturated heterocycles. The van der Waals surface area contributed by atoms with Gasteiger partial charge in [0.1, 0.15) is 23.0 Å². The van der Waals surface area contributed by atoms with Crippen LogP contribution in [0.15, 0.2) is 279 Å². The van der Waals surface area contributed by atoms with Crippen LogP contribution in [0.5, 0.6) is 23.0 Å². The van der Waals surface area contributed by atoms with Gasteiger partial charge in [0.25, 0.3) is 47.3 Å². The van der Waals surface area contributed by atoms with Crippen LogP contribution in [0.3, 0.4) is 0 Å². The zero-order valence-corrected chi connectivity index (χ0v) is 53.2. The molecule has 4 aliphatic heterocycles. The number of fused-ring (bicyclic) bond motifs is 4. The molecule has 4 aliphatic rings. The molecule has 0 fully saturated rings. The minimum Gasteiger partial charge on any atom is -0.457 e. The highest BCUT2D eigenvalue weighted by Gasteiger charge is 2.72. The van der Waals surface area contributed by atoms with Crippen molar-refractivity contribution in [2.75, 3.05) is 19.6 Å². The summed E-state index contributed by atoms with van der Waals surface area (Å²) in [6, 6.07) is 68.4. The summed E-state index contributed by atoms with van der Waals surface area (Å²) in [5, 5.41) is 0. The van der Waals surface area contributed by atoms with Crippen LogP contribution >= 0.6 is 0 Å². The number of rotatable bonds is 14. The Morgan fingerprint density at radius 3 is 0.893 bits per heavy atom. The molecular weight excluding hydrogens is 1330 g/mol. The van der Waals surface area contributed by atoms with Gasteiger partial charge in [-0.1, -0.05) is 158 Å². The minimum absolute atomic E-state index is 0.0327. The Kier molecular flexibility index (Phi) is 15.2. The Balaban J connectivity index is 0.591. The van der Waals surface area contributed by atoms with E-state index in [1.54, 1.807) is 72.8 Å². The molecule has 4 heterocycles. The van der Waals surface area contributed by atoms with Crippen LogP contribution in [-0.2, 0) is 5.41 Å². The van der Waals surface area contributed by atoms with Crippen molar-refractivity contribution in [3.8, 4) is 67.5 Å². The predicted molar refractivity (Wildman–Crippen MR) is 371 cm³/mol. The Bertz CT molecular complexity index is 5260. The quantitative estimate of drug-likeness (QED) is 0.0755. The van der Waals surface area contributed by atoms with Gasteiger partial charge in [0, 0.05) is 11.1 Å². The zero-order chi connectivity index (χ0) is 71.4. The van der Waals surface area contributed by atoms with Gasteiger partial charge in [0.2, 0.25) is 5.41 Å². The average molecular weight is 1370 g/mol. The molecule has 8 amide bonds. The normalized spacial score (nSPS) is 14.2. The van der Waals surface area contributed by atoms with Crippen LogP contribution in [0.4, 0.5) is 49.1 Å². The molecule has 0 spiro atoms. The third kappa shape index (κ3) is 10.4. The van der Waals surface area contributed by atoms with Crippen LogP contribution in [0.1, 0.15) is 94.0 Å². The van der Waals surface area contributed by atoms with Gasteiger partial charge < -0.3 is 9.47 Å². The van der Waals surface area contributed by atoms with E-state index in [-0.39, 0.29) is 78.9 Å². The van der Waals surface area contributed by atoms with Gasteiger partial charge in [-0.2, -0.15) is 26.3 Å². The number of amides is 8. The van der Waals surface area contributed by atoms with Crippen molar-refractivity contribution in [3.05, 3.63) is 335 Å². The summed E-state index contributed by atoms with van der Waals surface area (Å²) in [7, 11) is 0. The lowest BCUT2D eigenvalue weighted by Crippen LogP contribution is -2.54. The molecular formula is C83H46F6N4O10. The SMILES string of the molecule is O=C1c2cccc(-c3ccc4c(c3)C(=O)N(c3ccccc3-c3ccccc3)C4=O)c2C(=O)N1c1ccc(Oc2ccc(C(c3ccc(Oc4ccc(N5C(=O)c6cccc(-c7ccc8c(c7)C(=O)N(c7ccccc7-c7ccccc7)C8=O)c6C5=O)cc4)cc3)(C(F)(F)F)C(F)(F)F)cc2)cc1. The number of nitrogens with zero attached hydrogens (tertiary/aromatic N) is 4. The molecule has 12 aromatic carbocycles. The third-order valence-electron chi connectivity index (χ3n) is 18.8. The van der Waals surface area contributed by atoms with Crippen molar-refractivity contribution >= 4 is 70.0 Å². The van der Waals surface area contributed by atoms with E-state index in [1.165, 1.54) is 84.9 Å². The van der Waals surface area contributed by atoms with Crippen molar-refractivity contribution in [1.29, 1.82) is 0 Å². The van der Waals surface area contributed by atoms with Crippen molar-refractivity contribution in [3.63, 3.8) is 0 Å². The molecule has 0 aliphatic carbocycles. The highest BCUT2D eigenvalue weighted by Crippen LogP contribution is 2.57. The van der Waals surface area contributed by atoms with Crippen molar-refractivity contribution < 1.29 is 74.2 Å². The number of ether oxygens (including phenoxy) is 2. The fraction of sp³-hybridized carbons (Fsp3) is 0.0361. The standard InChI is InChI=1S/C83H46F6N4O10/c84-82(85,86)81(83(87,88)89,51-27-35-55(36-28-51)102-57-39-31-53(32-40-57)90-75(96)65-21-11-19-61(71(65)79(90)100)49-25-43-63-67(45-49)77(98)92(73(63)94)69-23-9-7-17-59(69)47-13-3-1-4-14-47)52-29-37-56(38-30-52)103-58-41-33-54(34-42-58)91-76(97)66-22-12-20-62(72(66)80(91)101)50-26-44-64-68(46-50)78(99)93(74(64)95)70-24-10-8-18-60(70)48-15-5-2-6-16-48/h1-46H. The van der Waals surface area contributed by atoms with Crippen molar-refractivity contribution in [1.82, 2.24) is 0 Å². The topological polar surface area (TPSA) is 168 Å². The molecule has 0 unspecified atom stereocenters. The van der Waals surface area contributed by atoms with E-state index in [4.69, 9.17) is 9.47 Å². The highest BCUT2D eigenvalue weighted by atomic mass is 19.4. The second-order valence-corrected chi connectivity index (χ2v) is 24.5. The Hall–Kier alpha value is -13.6. The predicted octanol–water partition coefficient (Wildman–Crippen LogP) is 18.6. The summed E-state index contributed by atoms with van der Waals surface area (Å²) in [5.41, 5.74) is -1.02. The van der Waals surface area contributed by atoms with Crippen molar-refractivity contribution in [2.45, 2.75) is 17.8 Å². The summed E-state index contributed by atoms with van der Waals surface area (Å²) >= 11 is 0. The number of hydrogen-bond acceptors (Lipinski definition) is 10. The van der Waals surface area contributed by atoms with E-state index >= 15 is 26.3 Å². The molecule has 500 valence electrons. The first-order valence-corrected chi connectivity index (χ1v) is 32.0. The fourth-order valence-corrected chi connectivity index (χ4v) is 14.0. The van der Waals surface area contributed by atoms with Gasteiger partial charge in [0.15, 0.2) is 0 Å². The molecule has 103 heavy (non-hydrogen) atoms. The maximum Gasteiger partial charge on any atom is 0.411 e. The van der Waals surface area contributed by atoms with E-state index in [0.29, 0.717) is 69.0 Å². The van der Waals surface area contributed by atoms with Gasteiger partial charge in [-0.05, 0) is 166 Å². The minimum atomic E-state index is -5.96. The summed E-state index contributed by atoms with van der Waals surface area (Å²) in [6.07, 6.45) is -11.9. The number of hydrogen-bond donors (Lipinski definition) is 0. The number of benzene rings is 12. The van der Waals surface area contributed by atoms with Gasteiger partial charge in [-0.3, -0.25) is 38.4 Å². The summed E-state index contributed by atoms with van der Waals surface area (Å²) < 4.78 is 104. The first-order valence-electron chi connectivity index (χ1n) is 32.0. The highest BCUT2D eigenvalue weighted by molar-refractivity contribution is 6.39. The van der Waals surface area contributed by atoms with Crippen LogP contribution in [0, 0.1) is 0 Å². The van der Waals surface area contributed by atoms with Crippen molar-refractivity contribution in [2.24, 2.45) is 0 Å². The Labute approximate surface area is 581 Å². The number of halogens is 6. The summed E-state index contributed by atoms with van der Waals surface area (Å²) in [4.78, 5) is 117. The van der Waals surface area contributed by atoms with E-state index in [0.717, 1.165) is 55.0 Å². The maximum atomic E-state index is 15.4. The summed E-state index contributed by atoms with van der Waals surface area (Å²) in [6.45, 7) is 0. The van der Waals surface area contributed by atoms with Crippen LogP contribution in [-0.4, -0.2) is 59.6 Å². The van der Waals surface area contributed by atoms with E-state index in [9.17, 15) is 38.4 Å². The zero-order valence-electron chi connectivity index (χ0n) is 53.2. The molecule has 12 aromatic rings. The van der Waals surface area contributed by atoms with Gasteiger partial charge >= 0.3 is 12.4 Å². The van der Waals surface area contributed by atoms with Crippen LogP contribution < -0.4 is 29.1 Å². The first kappa shape index (κ1) is 64.1. The molecule has 0 radical (unpaired) electrons. The van der Waals surface area contributed by atoms with E-state index < -0.39 is 76.2 Å². The van der Waals surface area contributed by atoms with Gasteiger partial charge in [-0.15, -0.1) is 0 Å². The van der Waals surface area contributed by atoms with Gasteiger partial charge in [0.05, 0.1) is 67.3 Å². The third-order valence-corrected chi connectivity index (χ3v) is 18.8. The summed E-state index contributed by atoms with van der Waals surface area (Å²) in [5.74, 6) is -5.26. The molecule has 16 rings (SSSR count). The number of carbonyl (C=O) groups excluding carboxylic acids is 8. The lowest BCUT2D eigenvalue weighted by molar-refractivity contribution is -0.288.